The second-order valence-corrected chi connectivity index (χ2v) is 6.50. The molecule has 0 heterocycles. The number of hydrazine groups is 1. The largest absolute Gasteiger partial charge is 0.497 e. The Kier molecular flexibility index (Phi) is 8.33. The summed E-state index contributed by atoms with van der Waals surface area (Å²) in [7, 11) is 1.56. The lowest BCUT2D eigenvalue weighted by Gasteiger charge is -2.11. The summed E-state index contributed by atoms with van der Waals surface area (Å²) in [5, 5.41) is 0. The Balaban J connectivity index is 1.39. The molecule has 0 aromatic heterocycles. The molecule has 166 valence electrons. The van der Waals surface area contributed by atoms with Gasteiger partial charge in [-0.05, 0) is 54.6 Å². The zero-order valence-electron chi connectivity index (χ0n) is 17.6. The summed E-state index contributed by atoms with van der Waals surface area (Å²) in [6.45, 7) is 0.432. The van der Waals surface area contributed by atoms with Crippen molar-refractivity contribution in [1.29, 1.82) is 0 Å². The molecular formula is C24H24N2O6. The molecule has 0 aliphatic carbocycles. The Hall–Kier alpha value is -4.20. The molecule has 8 heteroatoms. The van der Waals surface area contributed by atoms with Gasteiger partial charge in [0.25, 0.3) is 11.8 Å². The number of rotatable bonds is 10. The number of benzene rings is 3. The molecule has 0 spiro atoms. The van der Waals surface area contributed by atoms with E-state index >= 15 is 0 Å². The van der Waals surface area contributed by atoms with Crippen LogP contribution in [0.3, 0.4) is 0 Å². The van der Waals surface area contributed by atoms with Gasteiger partial charge in [0.2, 0.25) is 0 Å². The minimum Gasteiger partial charge on any atom is -0.497 e. The summed E-state index contributed by atoms with van der Waals surface area (Å²) in [5.41, 5.74) is 5.00. The molecule has 3 rings (SSSR count). The predicted octanol–water partition coefficient (Wildman–Crippen LogP) is 2.99. The fourth-order valence-corrected chi connectivity index (χ4v) is 2.62. The van der Waals surface area contributed by atoms with Crippen LogP contribution in [0.15, 0.2) is 78.9 Å². The van der Waals surface area contributed by atoms with E-state index in [1.807, 2.05) is 30.3 Å². The Morgan fingerprint density at radius 2 is 1.31 bits per heavy atom. The highest BCUT2D eigenvalue weighted by molar-refractivity contribution is 5.95. The minimum atomic E-state index is -0.500. The van der Waals surface area contributed by atoms with E-state index in [0.29, 0.717) is 36.0 Å². The Labute approximate surface area is 186 Å². The molecule has 32 heavy (non-hydrogen) atoms. The quantitative estimate of drug-likeness (QED) is 0.375. The van der Waals surface area contributed by atoms with Crippen LogP contribution in [-0.2, 0) is 4.79 Å². The molecule has 0 saturated carbocycles. The number of ether oxygens (including phenoxy) is 4. The third-order valence-electron chi connectivity index (χ3n) is 4.21. The average molecular weight is 436 g/mol. The monoisotopic (exact) mass is 436 g/mol. The van der Waals surface area contributed by atoms with E-state index in [-0.39, 0.29) is 6.61 Å². The molecule has 0 bridgehead atoms. The SMILES string of the molecule is COc1ccc(OCC(=O)NNC(=O)c2cccc(OCCOc3ccccc3)c2)cc1. The van der Waals surface area contributed by atoms with E-state index in [4.69, 9.17) is 18.9 Å². The van der Waals surface area contributed by atoms with E-state index in [9.17, 15) is 9.59 Å². The fourth-order valence-electron chi connectivity index (χ4n) is 2.62. The van der Waals surface area contributed by atoms with Gasteiger partial charge in [0.15, 0.2) is 6.61 Å². The first-order valence-corrected chi connectivity index (χ1v) is 9.91. The van der Waals surface area contributed by atoms with Crippen LogP contribution in [0.1, 0.15) is 10.4 Å². The van der Waals surface area contributed by atoms with Crippen molar-refractivity contribution < 1.29 is 28.5 Å². The van der Waals surface area contributed by atoms with Crippen LogP contribution in [0.5, 0.6) is 23.0 Å². The molecule has 0 aliphatic rings. The number of nitrogens with one attached hydrogen (secondary N) is 2. The van der Waals surface area contributed by atoms with Crippen molar-refractivity contribution in [2.24, 2.45) is 0 Å². The lowest BCUT2D eigenvalue weighted by molar-refractivity contribution is -0.123. The van der Waals surface area contributed by atoms with Crippen molar-refractivity contribution in [2.45, 2.75) is 0 Å². The van der Waals surface area contributed by atoms with Crippen molar-refractivity contribution >= 4 is 11.8 Å². The number of hydrogen-bond acceptors (Lipinski definition) is 6. The maximum Gasteiger partial charge on any atom is 0.276 e. The van der Waals surface area contributed by atoms with Crippen molar-refractivity contribution in [1.82, 2.24) is 10.9 Å². The lowest BCUT2D eigenvalue weighted by Crippen LogP contribution is -2.43. The third kappa shape index (κ3) is 7.24. The van der Waals surface area contributed by atoms with Gasteiger partial charge in [-0.3, -0.25) is 20.4 Å². The van der Waals surface area contributed by atoms with E-state index in [0.717, 1.165) is 5.75 Å². The summed E-state index contributed by atoms with van der Waals surface area (Å²) < 4.78 is 21.6. The third-order valence-corrected chi connectivity index (χ3v) is 4.21. The normalized spacial score (nSPS) is 10.0. The van der Waals surface area contributed by atoms with Gasteiger partial charge >= 0.3 is 0 Å². The van der Waals surface area contributed by atoms with Gasteiger partial charge in [0, 0.05) is 5.56 Å². The van der Waals surface area contributed by atoms with Gasteiger partial charge < -0.3 is 18.9 Å². The molecule has 0 unspecified atom stereocenters. The van der Waals surface area contributed by atoms with Gasteiger partial charge in [-0.15, -0.1) is 0 Å². The van der Waals surface area contributed by atoms with Crippen LogP contribution >= 0.6 is 0 Å². The Bertz CT molecular complexity index is 1010. The molecule has 2 amide bonds. The van der Waals surface area contributed by atoms with Gasteiger partial charge in [0.1, 0.15) is 36.2 Å². The second kappa shape index (κ2) is 11.8. The molecule has 0 saturated heterocycles. The minimum absolute atomic E-state index is 0.253. The summed E-state index contributed by atoms with van der Waals surface area (Å²) in [4.78, 5) is 24.2. The first-order chi connectivity index (χ1) is 15.6. The molecule has 2 N–H and O–H groups in total. The standard InChI is InChI=1S/C24H24N2O6/c1-29-19-10-12-21(13-11-19)32-17-23(27)25-26-24(28)18-6-5-9-22(16-18)31-15-14-30-20-7-3-2-4-8-20/h2-13,16H,14-15,17H2,1H3,(H,25,27)(H,26,28). The first kappa shape index (κ1) is 22.5. The molecule has 8 nitrogen and oxygen atoms in total. The number of methoxy groups -OCH3 is 1. The maximum absolute atomic E-state index is 12.3. The Morgan fingerprint density at radius 3 is 2.03 bits per heavy atom. The van der Waals surface area contributed by atoms with Crippen LogP contribution in [0.2, 0.25) is 0 Å². The molecule has 0 atom stereocenters. The van der Waals surface area contributed by atoms with Crippen LogP contribution in [0, 0.1) is 0 Å². The highest BCUT2D eigenvalue weighted by Gasteiger charge is 2.09. The molecule has 3 aromatic rings. The van der Waals surface area contributed by atoms with Crippen molar-refractivity contribution in [2.75, 3.05) is 26.9 Å². The van der Waals surface area contributed by atoms with E-state index in [1.165, 1.54) is 0 Å². The maximum atomic E-state index is 12.3. The van der Waals surface area contributed by atoms with E-state index < -0.39 is 11.8 Å². The zero-order valence-corrected chi connectivity index (χ0v) is 17.6. The number of hydrogen-bond donors (Lipinski definition) is 2. The summed E-state index contributed by atoms with van der Waals surface area (Å²) >= 11 is 0. The highest BCUT2D eigenvalue weighted by Crippen LogP contribution is 2.17. The summed E-state index contributed by atoms with van der Waals surface area (Å²) in [6.07, 6.45) is 0. The second-order valence-electron chi connectivity index (χ2n) is 6.50. The van der Waals surface area contributed by atoms with Crippen LogP contribution in [0.4, 0.5) is 0 Å². The van der Waals surface area contributed by atoms with Crippen molar-refractivity contribution in [3.63, 3.8) is 0 Å². The van der Waals surface area contributed by atoms with Crippen molar-refractivity contribution in [3.05, 3.63) is 84.4 Å². The van der Waals surface area contributed by atoms with Crippen LogP contribution in [-0.4, -0.2) is 38.7 Å². The topological polar surface area (TPSA) is 95.1 Å². The van der Waals surface area contributed by atoms with Gasteiger partial charge in [-0.1, -0.05) is 24.3 Å². The van der Waals surface area contributed by atoms with E-state index in [2.05, 4.69) is 10.9 Å². The zero-order chi connectivity index (χ0) is 22.6. The average Bonchev–Trinajstić information content (AvgIpc) is 2.85. The summed E-state index contributed by atoms with van der Waals surface area (Å²) in [6, 6.07) is 22.8. The smallest absolute Gasteiger partial charge is 0.276 e. The van der Waals surface area contributed by atoms with E-state index in [1.54, 1.807) is 55.6 Å². The first-order valence-electron chi connectivity index (χ1n) is 9.91. The number of amides is 2. The predicted molar refractivity (Wildman–Crippen MR) is 118 cm³/mol. The molecular weight excluding hydrogens is 412 g/mol. The van der Waals surface area contributed by atoms with Crippen LogP contribution in [0.25, 0.3) is 0 Å². The van der Waals surface area contributed by atoms with Gasteiger partial charge in [0.05, 0.1) is 7.11 Å². The molecule has 0 fully saturated rings. The number of para-hydroxylation sites is 1. The fraction of sp³-hybridized carbons (Fsp3) is 0.167. The number of carbonyl (C=O) groups is 2. The molecule has 0 radical (unpaired) electrons. The number of carbonyl (C=O) groups excluding carboxylic acids is 2. The van der Waals surface area contributed by atoms with Crippen molar-refractivity contribution in [3.8, 4) is 23.0 Å². The van der Waals surface area contributed by atoms with Gasteiger partial charge in [-0.25, -0.2) is 0 Å². The molecule has 0 aliphatic heterocycles. The Morgan fingerprint density at radius 1 is 0.688 bits per heavy atom. The lowest BCUT2D eigenvalue weighted by atomic mass is 10.2. The highest BCUT2D eigenvalue weighted by atomic mass is 16.5. The molecule has 3 aromatic carbocycles. The van der Waals surface area contributed by atoms with Gasteiger partial charge in [-0.2, -0.15) is 0 Å². The van der Waals surface area contributed by atoms with Crippen LogP contribution < -0.4 is 29.8 Å². The summed E-state index contributed by atoms with van der Waals surface area (Å²) in [5.74, 6) is 1.49.